The monoisotopic (exact) mass is 276 g/mol. The van der Waals surface area contributed by atoms with E-state index in [0.29, 0.717) is 29.7 Å². The number of ether oxygens (including phenoxy) is 1. The first-order valence-electron chi connectivity index (χ1n) is 7.32. The number of piperidine rings is 1. The minimum absolute atomic E-state index is 0.291. The Balaban J connectivity index is 2.32. The zero-order valence-corrected chi connectivity index (χ0v) is 12.6. The van der Waals surface area contributed by atoms with E-state index in [1.54, 1.807) is 6.07 Å². The van der Waals surface area contributed by atoms with Crippen LogP contribution >= 0.6 is 0 Å². The van der Waals surface area contributed by atoms with E-state index < -0.39 is 0 Å². The summed E-state index contributed by atoms with van der Waals surface area (Å²) >= 11 is 0. The summed E-state index contributed by atoms with van der Waals surface area (Å²) < 4.78 is 5.15. The van der Waals surface area contributed by atoms with E-state index in [4.69, 9.17) is 10.5 Å². The summed E-state index contributed by atoms with van der Waals surface area (Å²) in [5.74, 6) is 0.971. The zero-order chi connectivity index (χ0) is 14.7. The fourth-order valence-corrected chi connectivity index (χ4v) is 3.06. The van der Waals surface area contributed by atoms with E-state index in [1.807, 2.05) is 19.1 Å². The number of anilines is 2. The van der Waals surface area contributed by atoms with Crippen molar-refractivity contribution in [1.29, 1.82) is 0 Å². The van der Waals surface area contributed by atoms with Crippen LogP contribution < -0.4 is 10.6 Å². The summed E-state index contributed by atoms with van der Waals surface area (Å²) in [7, 11) is 0. The summed E-state index contributed by atoms with van der Waals surface area (Å²) in [6.07, 6.45) is 1.24. The number of rotatable bonds is 3. The van der Waals surface area contributed by atoms with Crippen molar-refractivity contribution in [3.63, 3.8) is 0 Å². The molecule has 0 bridgehead atoms. The van der Waals surface area contributed by atoms with Gasteiger partial charge in [-0.3, -0.25) is 0 Å². The molecule has 1 aromatic carbocycles. The van der Waals surface area contributed by atoms with Gasteiger partial charge in [0.05, 0.1) is 17.9 Å². The van der Waals surface area contributed by atoms with Crippen LogP contribution in [0.5, 0.6) is 0 Å². The number of carbonyl (C=O) groups is 1. The first kappa shape index (κ1) is 14.7. The highest BCUT2D eigenvalue weighted by Crippen LogP contribution is 2.30. The van der Waals surface area contributed by atoms with Crippen LogP contribution in [0.3, 0.4) is 0 Å². The van der Waals surface area contributed by atoms with Crippen LogP contribution in [0.15, 0.2) is 18.2 Å². The van der Waals surface area contributed by atoms with Crippen LogP contribution in [0.2, 0.25) is 0 Å². The molecule has 1 aromatic rings. The lowest BCUT2D eigenvalue weighted by molar-refractivity contribution is 0.0527. The average molecular weight is 276 g/mol. The number of carbonyl (C=O) groups excluding carboxylic acids is 1. The molecule has 1 aliphatic rings. The lowest BCUT2D eigenvalue weighted by atomic mass is 9.91. The maximum absolute atomic E-state index is 12.1. The van der Waals surface area contributed by atoms with E-state index >= 15 is 0 Å². The third-order valence-corrected chi connectivity index (χ3v) is 3.73. The molecule has 1 aliphatic heterocycles. The predicted molar refractivity (Wildman–Crippen MR) is 82.0 cm³/mol. The molecule has 0 aliphatic carbocycles. The van der Waals surface area contributed by atoms with E-state index in [1.165, 1.54) is 6.42 Å². The van der Waals surface area contributed by atoms with Gasteiger partial charge in [0.15, 0.2) is 0 Å². The summed E-state index contributed by atoms with van der Waals surface area (Å²) in [6, 6.07) is 5.51. The molecule has 4 nitrogen and oxygen atoms in total. The number of benzene rings is 1. The summed E-state index contributed by atoms with van der Waals surface area (Å²) in [6.45, 7) is 8.64. The molecule has 110 valence electrons. The molecule has 0 saturated carbocycles. The summed E-state index contributed by atoms with van der Waals surface area (Å²) in [5.41, 5.74) is 7.93. The van der Waals surface area contributed by atoms with Gasteiger partial charge in [0.2, 0.25) is 0 Å². The van der Waals surface area contributed by atoms with Crippen LogP contribution in [0.4, 0.5) is 11.4 Å². The Bertz CT molecular complexity index is 477. The molecular weight excluding hydrogens is 252 g/mol. The van der Waals surface area contributed by atoms with Crippen molar-refractivity contribution in [1.82, 2.24) is 0 Å². The van der Waals surface area contributed by atoms with Crippen LogP contribution in [0.25, 0.3) is 0 Å². The van der Waals surface area contributed by atoms with Crippen molar-refractivity contribution in [3.05, 3.63) is 23.8 Å². The highest BCUT2D eigenvalue weighted by Gasteiger charge is 2.25. The minimum Gasteiger partial charge on any atom is -0.462 e. The van der Waals surface area contributed by atoms with Crippen molar-refractivity contribution in [2.24, 2.45) is 11.8 Å². The number of nitrogens with zero attached hydrogens (tertiary/aromatic N) is 1. The molecule has 2 N–H and O–H groups in total. The Morgan fingerprint density at radius 3 is 2.60 bits per heavy atom. The second-order valence-electron chi connectivity index (χ2n) is 5.85. The Labute approximate surface area is 120 Å². The number of esters is 1. The van der Waals surface area contributed by atoms with Gasteiger partial charge in [-0.25, -0.2) is 4.79 Å². The second-order valence-corrected chi connectivity index (χ2v) is 5.85. The Morgan fingerprint density at radius 2 is 2.00 bits per heavy atom. The molecule has 1 heterocycles. The van der Waals surface area contributed by atoms with E-state index in [9.17, 15) is 4.79 Å². The van der Waals surface area contributed by atoms with Gasteiger partial charge in [0.1, 0.15) is 0 Å². The molecule has 1 fully saturated rings. The van der Waals surface area contributed by atoms with Gasteiger partial charge >= 0.3 is 5.97 Å². The average Bonchev–Trinajstić information content (AvgIpc) is 2.37. The van der Waals surface area contributed by atoms with Crippen molar-refractivity contribution < 1.29 is 9.53 Å². The molecule has 0 radical (unpaired) electrons. The third-order valence-electron chi connectivity index (χ3n) is 3.73. The number of nitrogen functional groups attached to an aromatic ring is 1. The molecular formula is C16H24N2O2. The fourth-order valence-electron chi connectivity index (χ4n) is 3.06. The Kier molecular flexibility index (Phi) is 4.53. The molecule has 4 heteroatoms. The second kappa shape index (κ2) is 6.16. The number of hydrogen-bond acceptors (Lipinski definition) is 4. The van der Waals surface area contributed by atoms with Gasteiger partial charge in [-0.05, 0) is 43.4 Å². The molecule has 0 unspecified atom stereocenters. The molecule has 1 saturated heterocycles. The van der Waals surface area contributed by atoms with Gasteiger partial charge in [0.25, 0.3) is 0 Å². The minimum atomic E-state index is -0.291. The van der Waals surface area contributed by atoms with Crippen molar-refractivity contribution >= 4 is 17.3 Å². The molecule has 2 atom stereocenters. The highest BCUT2D eigenvalue weighted by molar-refractivity contribution is 5.97. The summed E-state index contributed by atoms with van der Waals surface area (Å²) in [4.78, 5) is 14.4. The Morgan fingerprint density at radius 1 is 1.35 bits per heavy atom. The predicted octanol–water partition coefficient (Wildman–Crippen LogP) is 2.93. The van der Waals surface area contributed by atoms with Gasteiger partial charge in [-0.15, -0.1) is 0 Å². The van der Waals surface area contributed by atoms with Gasteiger partial charge in [-0.2, -0.15) is 0 Å². The number of hydrogen-bond donors (Lipinski definition) is 1. The van der Waals surface area contributed by atoms with Crippen molar-refractivity contribution in [2.75, 3.05) is 30.3 Å². The van der Waals surface area contributed by atoms with Crippen LogP contribution in [0, 0.1) is 11.8 Å². The van der Waals surface area contributed by atoms with Crippen molar-refractivity contribution in [2.45, 2.75) is 27.2 Å². The normalized spacial score (nSPS) is 22.6. The third kappa shape index (κ3) is 3.24. The first-order chi connectivity index (χ1) is 9.51. The fraction of sp³-hybridized carbons (Fsp3) is 0.562. The molecule has 2 rings (SSSR count). The number of nitrogens with two attached hydrogens (primary N) is 1. The maximum atomic E-state index is 12.1. The quantitative estimate of drug-likeness (QED) is 0.681. The van der Waals surface area contributed by atoms with Crippen LogP contribution in [0.1, 0.15) is 37.6 Å². The lowest BCUT2D eigenvalue weighted by Crippen LogP contribution is -2.39. The lowest BCUT2D eigenvalue weighted by Gasteiger charge is -2.37. The smallest absolute Gasteiger partial charge is 0.340 e. The van der Waals surface area contributed by atoms with Crippen molar-refractivity contribution in [3.8, 4) is 0 Å². The van der Waals surface area contributed by atoms with Gasteiger partial charge < -0.3 is 15.4 Å². The molecule has 0 amide bonds. The topological polar surface area (TPSA) is 55.6 Å². The summed E-state index contributed by atoms with van der Waals surface area (Å²) in [5, 5.41) is 0. The highest BCUT2D eigenvalue weighted by atomic mass is 16.5. The Hall–Kier alpha value is -1.71. The zero-order valence-electron chi connectivity index (χ0n) is 12.6. The van der Waals surface area contributed by atoms with Crippen LogP contribution in [-0.4, -0.2) is 25.7 Å². The molecule has 0 spiro atoms. The van der Waals surface area contributed by atoms with E-state index in [-0.39, 0.29) is 5.97 Å². The first-order valence-corrected chi connectivity index (χ1v) is 7.32. The maximum Gasteiger partial charge on any atom is 0.340 e. The van der Waals surface area contributed by atoms with Gasteiger partial charge in [0, 0.05) is 18.8 Å². The van der Waals surface area contributed by atoms with E-state index in [2.05, 4.69) is 18.7 Å². The van der Waals surface area contributed by atoms with Crippen LogP contribution in [-0.2, 0) is 4.74 Å². The molecule has 0 aromatic heterocycles. The largest absolute Gasteiger partial charge is 0.462 e. The van der Waals surface area contributed by atoms with Gasteiger partial charge in [-0.1, -0.05) is 13.8 Å². The van der Waals surface area contributed by atoms with E-state index in [0.717, 1.165) is 18.8 Å². The standard InChI is InChI=1S/C16H24N2O2/c1-4-20-16(19)14-8-13(17)5-6-15(14)18-9-11(2)7-12(3)10-18/h5-6,8,11-12H,4,7,9-10,17H2,1-3H3/t11-,12-/m1/s1. The molecule has 20 heavy (non-hydrogen) atoms. The SMILES string of the molecule is CCOC(=O)c1cc(N)ccc1N1C[C@H](C)C[C@@H](C)C1.